The Kier molecular flexibility index (Phi) is 10.7. The van der Waals surface area contributed by atoms with Crippen molar-refractivity contribution in [2.24, 2.45) is 11.7 Å². The molecule has 3 atom stereocenters. The van der Waals surface area contributed by atoms with E-state index in [1.165, 1.54) is 4.90 Å². The zero-order chi connectivity index (χ0) is 25.3. The summed E-state index contributed by atoms with van der Waals surface area (Å²) in [6.45, 7) is 8.05. The molecule has 0 bridgehead atoms. The largest absolute Gasteiger partial charge is 0.480 e. The molecule has 0 aliphatic carbocycles. The molecule has 0 saturated carbocycles. The van der Waals surface area contributed by atoms with Crippen molar-refractivity contribution < 1.29 is 19.5 Å². The fraction of sp³-hybridized carbons (Fsp3) is 0.423. The van der Waals surface area contributed by atoms with Crippen molar-refractivity contribution in [2.75, 3.05) is 12.3 Å². The highest BCUT2D eigenvalue weighted by atomic mass is 32.2. The molecule has 2 aromatic carbocycles. The number of carboxylic acid groups (broad SMARTS) is 1. The molecule has 1 aliphatic heterocycles. The summed E-state index contributed by atoms with van der Waals surface area (Å²) in [7, 11) is 0. The van der Waals surface area contributed by atoms with Crippen molar-refractivity contribution >= 4 is 40.5 Å². The number of thioether (sulfide) groups is 2. The average molecular weight is 503 g/mol. The van der Waals surface area contributed by atoms with Crippen molar-refractivity contribution in [3.63, 3.8) is 0 Å². The van der Waals surface area contributed by atoms with E-state index < -0.39 is 17.9 Å². The second-order valence-corrected chi connectivity index (χ2v) is 11.7. The van der Waals surface area contributed by atoms with Gasteiger partial charge >= 0.3 is 5.97 Å². The van der Waals surface area contributed by atoms with Crippen molar-refractivity contribution in [2.45, 2.75) is 55.8 Å². The minimum Gasteiger partial charge on any atom is -0.480 e. The number of nitrogens with two attached hydrogens (primary N) is 1. The predicted molar refractivity (Wildman–Crippen MR) is 140 cm³/mol. The molecule has 3 rings (SSSR count). The van der Waals surface area contributed by atoms with E-state index in [9.17, 15) is 19.5 Å². The number of carboxylic acids is 1. The van der Waals surface area contributed by atoms with Crippen LogP contribution in [0.1, 0.15) is 44.5 Å². The quantitative estimate of drug-likeness (QED) is 0.562. The van der Waals surface area contributed by atoms with Crippen molar-refractivity contribution in [1.82, 2.24) is 4.90 Å². The van der Waals surface area contributed by atoms with Gasteiger partial charge in [0, 0.05) is 39.5 Å². The Hall–Kier alpha value is -2.29. The molecule has 1 saturated heterocycles. The number of carbonyl (C=O) groups excluding carboxylic acids is 2. The summed E-state index contributed by atoms with van der Waals surface area (Å²) >= 11 is 2.70. The van der Waals surface area contributed by atoms with Crippen LogP contribution in [0.3, 0.4) is 0 Å². The van der Waals surface area contributed by atoms with E-state index in [1.807, 2.05) is 57.2 Å². The maximum absolute atomic E-state index is 12.9. The normalized spacial score (nSPS) is 18.6. The molecule has 0 radical (unpaired) electrons. The van der Waals surface area contributed by atoms with Crippen LogP contribution in [-0.2, 0) is 9.59 Å². The van der Waals surface area contributed by atoms with Crippen LogP contribution in [-0.4, -0.2) is 56.1 Å². The van der Waals surface area contributed by atoms with Crippen molar-refractivity contribution in [3.8, 4) is 0 Å². The van der Waals surface area contributed by atoms with Gasteiger partial charge in [-0.2, -0.15) is 0 Å². The van der Waals surface area contributed by atoms with Gasteiger partial charge in [0.15, 0.2) is 0 Å². The molecule has 2 aromatic rings. The number of rotatable bonds is 7. The lowest BCUT2D eigenvalue weighted by Gasteiger charge is -2.24. The third-order valence-corrected chi connectivity index (χ3v) is 7.16. The van der Waals surface area contributed by atoms with Crippen molar-refractivity contribution in [1.29, 1.82) is 0 Å². The molecule has 34 heavy (non-hydrogen) atoms. The Morgan fingerprint density at radius 1 is 1.06 bits per heavy atom. The molecular formula is C26H34N2O4S2. The van der Waals surface area contributed by atoms with E-state index >= 15 is 0 Å². The molecule has 8 heteroatoms. The number of nitrogens with zero attached hydrogens (tertiary/aromatic N) is 1. The van der Waals surface area contributed by atoms with E-state index in [1.54, 1.807) is 43.0 Å². The number of amides is 1. The van der Waals surface area contributed by atoms with Crippen LogP contribution in [0, 0.1) is 5.92 Å². The van der Waals surface area contributed by atoms with Gasteiger partial charge < -0.3 is 15.7 Å². The number of likely N-dealkylation sites (tertiary alicyclic amines) is 1. The smallest absolute Gasteiger partial charge is 0.326 e. The lowest BCUT2D eigenvalue weighted by atomic mass is 10.1. The van der Waals surface area contributed by atoms with Gasteiger partial charge in [-0.05, 0) is 39.3 Å². The molecule has 184 valence electrons. The van der Waals surface area contributed by atoms with Gasteiger partial charge in [0.1, 0.15) is 6.04 Å². The summed E-state index contributed by atoms with van der Waals surface area (Å²) < 4.78 is 0. The molecule has 6 nitrogen and oxygen atoms in total. The van der Waals surface area contributed by atoms with Gasteiger partial charge in [-0.25, -0.2) is 4.79 Å². The highest BCUT2D eigenvalue weighted by Crippen LogP contribution is 2.34. The van der Waals surface area contributed by atoms with Gasteiger partial charge in [-0.1, -0.05) is 67.2 Å². The van der Waals surface area contributed by atoms with Gasteiger partial charge in [0.25, 0.3) is 0 Å². The topological polar surface area (TPSA) is 101 Å². The van der Waals surface area contributed by atoms with Gasteiger partial charge in [0.2, 0.25) is 11.0 Å². The van der Waals surface area contributed by atoms with E-state index in [4.69, 9.17) is 5.73 Å². The van der Waals surface area contributed by atoms with Crippen LogP contribution >= 0.6 is 23.5 Å². The number of hydrogen-bond donors (Lipinski definition) is 2. The van der Waals surface area contributed by atoms with E-state index in [0.717, 1.165) is 16.7 Å². The summed E-state index contributed by atoms with van der Waals surface area (Å²) in [5.74, 6) is -1.29. The number of benzene rings is 2. The molecule has 1 amide bonds. The Morgan fingerprint density at radius 3 is 2.12 bits per heavy atom. The van der Waals surface area contributed by atoms with Crippen molar-refractivity contribution in [3.05, 3.63) is 66.2 Å². The molecule has 0 spiro atoms. The van der Waals surface area contributed by atoms with Gasteiger partial charge in [-0.3, -0.25) is 9.59 Å². The molecular weight excluding hydrogens is 468 g/mol. The fourth-order valence-corrected chi connectivity index (χ4v) is 5.32. The lowest BCUT2D eigenvalue weighted by Crippen LogP contribution is -2.43. The zero-order valence-electron chi connectivity index (χ0n) is 20.1. The van der Waals surface area contributed by atoms with E-state index in [-0.39, 0.29) is 21.8 Å². The second kappa shape index (κ2) is 13.0. The molecule has 1 heterocycles. The average Bonchev–Trinajstić information content (AvgIpc) is 3.21. The minimum absolute atomic E-state index is 0. The minimum atomic E-state index is -0.977. The molecule has 3 N–H and O–H groups in total. The fourth-order valence-electron chi connectivity index (χ4n) is 3.26. The lowest BCUT2D eigenvalue weighted by molar-refractivity contribution is -0.149. The maximum Gasteiger partial charge on any atom is 0.326 e. The van der Waals surface area contributed by atoms with Crippen LogP contribution < -0.4 is 5.73 Å². The van der Waals surface area contributed by atoms with Crippen LogP contribution in [0.2, 0.25) is 0 Å². The van der Waals surface area contributed by atoms with E-state index in [2.05, 4.69) is 0 Å². The summed E-state index contributed by atoms with van der Waals surface area (Å²) in [6.07, 6.45) is 0.420. The third kappa shape index (κ3) is 9.52. The molecule has 1 aliphatic rings. The predicted octanol–water partition coefficient (Wildman–Crippen LogP) is 4.79. The zero-order valence-corrected chi connectivity index (χ0v) is 21.8. The monoisotopic (exact) mass is 502 g/mol. The number of carbonyl (C=O) groups is 3. The third-order valence-electron chi connectivity index (χ3n) is 4.77. The second-order valence-electron chi connectivity index (χ2n) is 9.36. The van der Waals surface area contributed by atoms with Crippen LogP contribution in [0.15, 0.2) is 65.6 Å². The molecule has 1 fully saturated rings. The van der Waals surface area contributed by atoms with Gasteiger partial charge in [-0.15, -0.1) is 11.8 Å². The summed E-state index contributed by atoms with van der Waals surface area (Å²) in [5.41, 5.74) is 5.95. The Bertz CT molecular complexity index is 942. The number of hydrogen-bond acceptors (Lipinski definition) is 6. The molecule has 0 aromatic heterocycles. The first-order valence-corrected chi connectivity index (χ1v) is 13.1. The van der Waals surface area contributed by atoms with Crippen LogP contribution in [0.25, 0.3) is 0 Å². The molecule has 0 unspecified atom stereocenters. The van der Waals surface area contributed by atoms with E-state index in [0.29, 0.717) is 24.3 Å². The van der Waals surface area contributed by atoms with Crippen LogP contribution in [0.5, 0.6) is 0 Å². The SMILES string of the molecule is CC(C)(C)N.C[C@H](CSC(=O)c1ccccc1)C(=O)N1C[C@@H](Sc2ccccc2)C[C@H]1C(=O)O. The first kappa shape index (κ1) is 28.0. The van der Waals surface area contributed by atoms with Crippen LogP contribution in [0.4, 0.5) is 0 Å². The Balaban J connectivity index is 0.000000739. The first-order valence-electron chi connectivity index (χ1n) is 11.2. The highest BCUT2D eigenvalue weighted by molar-refractivity contribution is 8.14. The number of aliphatic carboxylic acids is 1. The first-order chi connectivity index (χ1) is 16.0. The van der Waals surface area contributed by atoms with Gasteiger partial charge in [0.05, 0.1) is 0 Å². The maximum atomic E-state index is 12.9. The Morgan fingerprint density at radius 2 is 1.59 bits per heavy atom. The highest BCUT2D eigenvalue weighted by Gasteiger charge is 2.41. The Labute approximate surface area is 210 Å². The summed E-state index contributed by atoms with van der Waals surface area (Å²) in [6, 6.07) is 17.9. The summed E-state index contributed by atoms with van der Waals surface area (Å²) in [4.78, 5) is 39.5. The standard InChI is InChI=1S/C22H23NO4S2.C4H11N/c1-15(14-28-22(27)16-8-4-2-5-9-16)20(24)23-13-18(12-19(23)21(25)26)29-17-10-6-3-7-11-17;1-4(2,3)5/h2-11,15,18-19H,12-14H2,1H3,(H,25,26);5H2,1-3H3/t15-,18+,19+;/m1./s1. The summed E-state index contributed by atoms with van der Waals surface area (Å²) in [5, 5.41) is 9.55.